The second-order valence-electron chi connectivity index (χ2n) is 10.7. The summed E-state index contributed by atoms with van der Waals surface area (Å²) in [6, 6.07) is 0. The first kappa shape index (κ1) is 41.6. The molecule has 0 N–H and O–H groups in total. The minimum absolute atomic E-state index is 0.542. The number of hydrogen-bond acceptors (Lipinski definition) is 9. The summed E-state index contributed by atoms with van der Waals surface area (Å²) in [7, 11) is 0. The van der Waals surface area contributed by atoms with E-state index >= 15 is 0 Å². The van der Waals surface area contributed by atoms with Gasteiger partial charge in [-0.25, -0.2) is 0 Å². The molecular weight excluding hydrogens is 540 g/mol. The van der Waals surface area contributed by atoms with E-state index in [0.717, 1.165) is 26.1 Å². The van der Waals surface area contributed by atoms with Crippen LogP contribution in [0.15, 0.2) is 0 Å². The van der Waals surface area contributed by atoms with E-state index in [0.29, 0.717) is 112 Å². The molecule has 0 amide bonds. The lowest BCUT2D eigenvalue weighted by Crippen LogP contribution is -2.15. The molecule has 0 saturated heterocycles. The molecule has 0 aromatic heterocycles. The molecule has 0 fully saturated rings. The Labute approximate surface area is 258 Å². The van der Waals surface area contributed by atoms with Crippen LogP contribution in [0.5, 0.6) is 0 Å². The Balaban J connectivity index is 3.04. The average molecular weight is 609 g/mol. The van der Waals surface area contributed by atoms with Crippen molar-refractivity contribution in [1.82, 2.24) is 0 Å². The van der Waals surface area contributed by atoms with Crippen LogP contribution in [0.3, 0.4) is 0 Å². The van der Waals surface area contributed by atoms with Crippen LogP contribution in [0.1, 0.15) is 91.4 Å². The second kappa shape index (κ2) is 38.7. The third kappa shape index (κ3) is 37.7. The molecule has 42 heavy (non-hydrogen) atoms. The van der Waals surface area contributed by atoms with Crippen LogP contribution in [-0.4, -0.2) is 119 Å². The summed E-state index contributed by atoms with van der Waals surface area (Å²) in [5.74, 6) is 0.605. The monoisotopic (exact) mass is 608 g/mol. The van der Waals surface area contributed by atoms with E-state index in [2.05, 4.69) is 20.8 Å². The van der Waals surface area contributed by atoms with Crippen LogP contribution < -0.4 is 0 Å². The molecule has 0 radical (unpaired) electrons. The van der Waals surface area contributed by atoms with Crippen LogP contribution in [0, 0.1) is 5.92 Å². The van der Waals surface area contributed by atoms with Crippen LogP contribution in [0.4, 0.5) is 0 Å². The highest BCUT2D eigenvalue weighted by atomic mass is 16.6. The van der Waals surface area contributed by atoms with Gasteiger partial charge in [-0.15, -0.1) is 0 Å². The zero-order valence-corrected chi connectivity index (χ0v) is 27.8. The average Bonchev–Trinajstić information content (AvgIpc) is 3.00. The molecule has 0 aliphatic heterocycles. The van der Waals surface area contributed by atoms with Crippen molar-refractivity contribution in [2.75, 3.05) is 119 Å². The lowest BCUT2D eigenvalue weighted by Gasteiger charge is -2.10. The fraction of sp³-hybridized carbons (Fsp3) is 1.00. The molecule has 0 saturated carbocycles. The van der Waals surface area contributed by atoms with Gasteiger partial charge in [0.2, 0.25) is 0 Å². The fourth-order valence-corrected chi connectivity index (χ4v) is 3.85. The van der Waals surface area contributed by atoms with Gasteiger partial charge >= 0.3 is 0 Å². The van der Waals surface area contributed by atoms with E-state index in [4.69, 9.17) is 42.6 Å². The van der Waals surface area contributed by atoms with Crippen molar-refractivity contribution in [2.45, 2.75) is 91.4 Å². The number of ether oxygens (including phenoxy) is 9. The molecule has 0 aromatic carbocycles. The first-order valence-electron chi connectivity index (χ1n) is 17.0. The molecule has 9 heteroatoms. The lowest BCUT2D eigenvalue weighted by atomic mass is 10.1. The molecule has 0 aliphatic rings. The largest absolute Gasteiger partial charge is 0.379 e. The first-order chi connectivity index (χ1) is 20.8. The molecule has 9 nitrogen and oxygen atoms in total. The van der Waals surface area contributed by atoms with Gasteiger partial charge in [-0.1, -0.05) is 85.0 Å². The van der Waals surface area contributed by atoms with E-state index in [9.17, 15) is 0 Å². The SMILES string of the molecule is CCCCCCCCCCCCOCCOCCOCCOCCOCCOCCOCCOCCOCC(C)CC. The summed E-state index contributed by atoms with van der Waals surface area (Å²) in [4.78, 5) is 0. The summed E-state index contributed by atoms with van der Waals surface area (Å²) in [6.45, 7) is 17.4. The summed E-state index contributed by atoms with van der Waals surface area (Å²) < 4.78 is 49.7. The standard InChI is InChI=1S/C33H68O9/c1-4-6-7-8-9-10-11-12-13-14-15-34-16-17-35-18-19-36-20-21-37-22-23-38-24-25-39-26-27-40-28-29-41-30-31-42-32-33(3)5-2/h33H,4-32H2,1-3H3. The molecule has 0 aromatic rings. The molecular formula is C33H68O9. The highest BCUT2D eigenvalue weighted by molar-refractivity contribution is 4.48. The van der Waals surface area contributed by atoms with Crippen molar-refractivity contribution in [3.63, 3.8) is 0 Å². The van der Waals surface area contributed by atoms with Gasteiger partial charge < -0.3 is 42.6 Å². The minimum atomic E-state index is 0.542. The van der Waals surface area contributed by atoms with E-state index in [1.165, 1.54) is 57.8 Å². The van der Waals surface area contributed by atoms with Gasteiger partial charge in [0.1, 0.15) is 0 Å². The van der Waals surface area contributed by atoms with Crippen molar-refractivity contribution in [3.8, 4) is 0 Å². The Bertz CT molecular complexity index is 471. The predicted molar refractivity (Wildman–Crippen MR) is 169 cm³/mol. The van der Waals surface area contributed by atoms with Gasteiger partial charge in [-0.3, -0.25) is 0 Å². The van der Waals surface area contributed by atoms with E-state index in [-0.39, 0.29) is 0 Å². The topological polar surface area (TPSA) is 83.1 Å². The van der Waals surface area contributed by atoms with Crippen LogP contribution in [-0.2, 0) is 42.6 Å². The third-order valence-electron chi connectivity index (χ3n) is 6.72. The first-order valence-corrected chi connectivity index (χ1v) is 17.0. The highest BCUT2D eigenvalue weighted by Crippen LogP contribution is 2.10. The molecule has 0 rings (SSSR count). The number of rotatable bonds is 38. The zero-order valence-electron chi connectivity index (χ0n) is 27.8. The van der Waals surface area contributed by atoms with Crippen molar-refractivity contribution < 1.29 is 42.6 Å². The van der Waals surface area contributed by atoms with Gasteiger partial charge in [0.25, 0.3) is 0 Å². The minimum Gasteiger partial charge on any atom is -0.379 e. The van der Waals surface area contributed by atoms with Gasteiger partial charge in [-0.05, 0) is 12.3 Å². The summed E-state index contributed by atoms with van der Waals surface area (Å²) >= 11 is 0. The zero-order chi connectivity index (χ0) is 30.4. The van der Waals surface area contributed by atoms with Gasteiger partial charge in [0, 0.05) is 13.2 Å². The Morgan fingerprint density at radius 2 is 0.571 bits per heavy atom. The maximum absolute atomic E-state index is 5.64. The molecule has 0 spiro atoms. The van der Waals surface area contributed by atoms with E-state index < -0.39 is 0 Å². The Kier molecular flexibility index (Phi) is 38.3. The van der Waals surface area contributed by atoms with Gasteiger partial charge in [0.05, 0.1) is 106 Å². The molecule has 254 valence electrons. The molecule has 0 heterocycles. The normalized spacial score (nSPS) is 12.4. The highest BCUT2D eigenvalue weighted by Gasteiger charge is 1.99. The van der Waals surface area contributed by atoms with E-state index in [1.807, 2.05) is 0 Å². The van der Waals surface area contributed by atoms with Crippen LogP contribution in [0.2, 0.25) is 0 Å². The Morgan fingerprint density at radius 3 is 0.881 bits per heavy atom. The van der Waals surface area contributed by atoms with Gasteiger partial charge in [0.15, 0.2) is 0 Å². The summed E-state index contributed by atoms with van der Waals surface area (Å²) in [5, 5.41) is 0. The quantitative estimate of drug-likeness (QED) is 0.0772. The number of hydrogen-bond donors (Lipinski definition) is 0. The fourth-order valence-electron chi connectivity index (χ4n) is 3.85. The predicted octanol–water partition coefficient (Wildman–Crippen LogP) is 6.10. The second-order valence-corrected chi connectivity index (χ2v) is 10.7. The molecule has 1 unspecified atom stereocenters. The van der Waals surface area contributed by atoms with Crippen molar-refractivity contribution >= 4 is 0 Å². The van der Waals surface area contributed by atoms with Crippen molar-refractivity contribution in [3.05, 3.63) is 0 Å². The van der Waals surface area contributed by atoms with Gasteiger partial charge in [-0.2, -0.15) is 0 Å². The smallest absolute Gasteiger partial charge is 0.0701 e. The van der Waals surface area contributed by atoms with Crippen molar-refractivity contribution in [1.29, 1.82) is 0 Å². The lowest BCUT2D eigenvalue weighted by molar-refractivity contribution is -0.0255. The van der Waals surface area contributed by atoms with Crippen molar-refractivity contribution in [2.24, 2.45) is 5.92 Å². The molecule has 0 bridgehead atoms. The maximum Gasteiger partial charge on any atom is 0.0701 e. The summed E-state index contributed by atoms with van der Waals surface area (Å²) in [6.07, 6.45) is 14.6. The maximum atomic E-state index is 5.64. The summed E-state index contributed by atoms with van der Waals surface area (Å²) in [5.41, 5.74) is 0. The molecule has 1 atom stereocenters. The van der Waals surface area contributed by atoms with E-state index in [1.54, 1.807) is 0 Å². The number of unbranched alkanes of at least 4 members (excludes halogenated alkanes) is 9. The molecule has 0 aliphatic carbocycles. The Hall–Kier alpha value is -0.360. The van der Waals surface area contributed by atoms with Crippen LogP contribution in [0.25, 0.3) is 0 Å². The third-order valence-corrected chi connectivity index (χ3v) is 6.72. The Morgan fingerprint density at radius 1 is 0.310 bits per heavy atom. The van der Waals surface area contributed by atoms with Crippen LogP contribution >= 0.6 is 0 Å².